The summed E-state index contributed by atoms with van der Waals surface area (Å²) in [5, 5.41) is 0. The summed E-state index contributed by atoms with van der Waals surface area (Å²) in [6.45, 7) is 11.6. The molecular weight excluding hydrogens is 188 g/mol. The summed E-state index contributed by atoms with van der Waals surface area (Å²) in [7, 11) is 1.75. The molecule has 0 aliphatic rings. The van der Waals surface area contributed by atoms with Crippen molar-refractivity contribution in [3.05, 3.63) is 0 Å². The Labute approximate surface area is 95.0 Å². The highest BCUT2D eigenvalue weighted by Crippen LogP contribution is 2.07. The average Bonchev–Trinajstić information content (AvgIpc) is 2.13. The SMILES string of the molecule is CCN(CC(N)CC(C)C)C(C)COC. The fourth-order valence-electron chi connectivity index (χ4n) is 1.95. The van der Waals surface area contributed by atoms with Gasteiger partial charge in [-0.3, -0.25) is 4.90 Å². The molecule has 0 rings (SSSR count). The Hall–Kier alpha value is -0.120. The fourth-order valence-corrected chi connectivity index (χ4v) is 1.95. The van der Waals surface area contributed by atoms with E-state index in [9.17, 15) is 0 Å². The lowest BCUT2D eigenvalue weighted by atomic mass is 10.0. The molecule has 2 unspecified atom stereocenters. The number of rotatable bonds is 8. The smallest absolute Gasteiger partial charge is 0.0615 e. The van der Waals surface area contributed by atoms with Crippen LogP contribution in [0.1, 0.15) is 34.1 Å². The summed E-state index contributed by atoms with van der Waals surface area (Å²) in [5.74, 6) is 0.677. The Balaban J connectivity index is 3.96. The average molecular weight is 216 g/mol. The Morgan fingerprint density at radius 3 is 2.27 bits per heavy atom. The van der Waals surface area contributed by atoms with Crippen LogP contribution >= 0.6 is 0 Å². The second-order valence-corrected chi connectivity index (χ2v) is 4.78. The molecule has 0 bridgehead atoms. The van der Waals surface area contributed by atoms with E-state index in [-0.39, 0.29) is 6.04 Å². The molecule has 0 radical (unpaired) electrons. The van der Waals surface area contributed by atoms with E-state index in [0.29, 0.717) is 12.0 Å². The van der Waals surface area contributed by atoms with Gasteiger partial charge in [-0.25, -0.2) is 0 Å². The van der Waals surface area contributed by atoms with E-state index < -0.39 is 0 Å². The van der Waals surface area contributed by atoms with E-state index >= 15 is 0 Å². The van der Waals surface area contributed by atoms with E-state index in [2.05, 4.69) is 32.6 Å². The number of likely N-dealkylation sites (N-methyl/N-ethyl adjacent to an activating group) is 1. The van der Waals surface area contributed by atoms with Gasteiger partial charge < -0.3 is 10.5 Å². The van der Waals surface area contributed by atoms with Gasteiger partial charge in [-0.2, -0.15) is 0 Å². The monoisotopic (exact) mass is 216 g/mol. The first-order valence-corrected chi connectivity index (χ1v) is 5.99. The van der Waals surface area contributed by atoms with E-state index in [1.165, 1.54) is 0 Å². The van der Waals surface area contributed by atoms with Crippen LogP contribution in [0.25, 0.3) is 0 Å². The molecule has 0 aliphatic carbocycles. The van der Waals surface area contributed by atoms with Crippen LogP contribution in [0.15, 0.2) is 0 Å². The van der Waals surface area contributed by atoms with Crippen LogP contribution in [0.5, 0.6) is 0 Å². The van der Waals surface area contributed by atoms with Gasteiger partial charge in [-0.15, -0.1) is 0 Å². The lowest BCUT2D eigenvalue weighted by molar-refractivity contribution is 0.0970. The topological polar surface area (TPSA) is 38.5 Å². The molecule has 3 nitrogen and oxygen atoms in total. The molecule has 92 valence electrons. The van der Waals surface area contributed by atoms with Crippen molar-refractivity contribution in [2.45, 2.75) is 46.2 Å². The van der Waals surface area contributed by atoms with Gasteiger partial charge in [0, 0.05) is 25.7 Å². The van der Waals surface area contributed by atoms with Crippen LogP contribution in [-0.2, 0) is 4.74 Å². The molecule has 2 atom stereocenters. The Morgan fingerprint density at radius 1 is 1.27 bits per heavy atom. The number of hydrogen-bond donors (Lipinski definition) is 1. The van der Waals surface area contributed by atoms with Gasteiger partial charge in [-0.05, 0) is 25.8 Å². The van der Waals surface area contributed by atoms with Gasteiger partial charge >= 0.3 is 0 Å². The molecule has 3 heteroatoms. The number of methoxy groups -OCH3 is 1. The van der Waals surface area contributed by atoms with Crippen LogP contribution in [0.2, 0.25) is 0 Å². The first-order valence-electron chi connectivity index (χ1n) is 5.99. The van der Waals surface area contributed by atoms with Gasteiger partial charge in [0.2, 0.25) is 0 Å². The van der Waals surface area contributed by atoms with Crippen molar-refractivity contribution >= 4 is 0 Å². The van der Waals surface area contributed by atoms with Crippen LogP contribution in [0.4, 0.5) is 0 Å². The number of nitrogens with two attached hydrogens (primary N) is 1. The summed E-state index contributed by atoms with van der Waals surface area (Å²) in [6.07, 6.45) is 1.09. The molecule has 0 aromatic carbocycles. The zero-order valence-corrected chi connectivity index (χ0v) is 11.0. The molecule has 0 aromatic heterocycles. The normalized spacial score (nSPS) is 16.0. The molecule has 0 aromatic rings. The zero-order chi connectivity index (χ0) is 11.8. The van der Waals surface area contributed by atoms with Crippen molar-refractivity contribution < 1.29 is 4.74 Å². The minimum absolute atomic E-state index is 0.282. The van der Waals surface area contributed by atoms with Gasteiger partial charge in [0.15, 0.2) is 0 Å². The zero-order valence-electron chi connectivity index (χ0n) is 11.0. The van der Waals surface area contributed by atoms with Crippen molar-refractivity contribution in [1.29, 1.82) is 0 Å². The minimum atomic E-state index is 0.282. The largest absolute Gasteiger partial charge is 0.383 e. The first kappa shape index (κ1) is 14.9. The van der Waals surface area contributed by atoms with Crippen LogP contribution in [-0.4, -0.2) is 43.8 Å². The highest BCUT2D eigenvalue weighted by molar-refractivity contribution is 4.73. The quantitative estimate of drug-likeness (QED) is 0.671. The highest BCUT2D eigenvalue weighted by atomic mass is 16.5. The van der Waals surface area contributed by atoms with E-state index in [1.54, 1.807) is 7.11 Å². The maximum absolute atomic E-state index is 6.10. The maximum Gasteiger partial charge on any atom is 0.0615 e. The van der Waals surface area contributed by atoms with Crippen molar-refractivity contribution in [2.24, 2.45) is 11.7 Å². The summed E-state index contributed by atoms with van der Waals surface area (Å²) in [5.41, 5.74) is 6.10. The predicted molar refractivity (Wildman–Crippen MR) is 66.0 cm³/mol. The fraction of sp³-hybridized carbons (Fsp3) is 1.00. The molecule has 0 saturated heterocycles. The molecule has 0 aliphatic heterocycles. The summed E-state index contributed by atoms with van der Waals surface area (Å²) >= 11 is 0. The molecule has 15 heavy (non-hydrogen) atoms. The first-order chi connectivity index (χ1) is 7.01. The Bertz CT molecular complexity index is 151. The van der Waals surface area contributed by atoms with E-state index in [0.717, 1.165) is 26.1 Å². The number of hydrogen-bond acceptors (Lipinski definition) is 3. The van der Waals surface area contributed by atoms with Crippen molar-refractivity contribution in [2.75, 3.05) is 26.8 Å². The van der Waals surface area contributed by atoms with Crippen LogP contribution in [0, 0.1) is 5.92 Å². The summed E-state index contributed by atoms with van der Waals surface area (Å²) in [4.78, 5) is 2.39. The lowest BCUT2D eigenvalue weighted by Gasteiger charge is -2.30. The number of ether oxygens (including phenoxy) is 1. The second-order valence-electron chi connectivity index (χ2n) is 4.78. The Morgan fingerprint density at radius 2 is 1.87 bits per heavy atom. The molecule has 0 heterocycles. The number of nitrogens with zero attached hydrogens (tertiary/aromatic N) is 1. The molecule has 0 fully saturated rings. The summed E-state index contributed by atoms with van der Waals surface area (Å²) < 4.78 is 5.17. The molecule has 0 saturated carbocycles. The molecule has 0 spiro atoms. The van der Waals surface area contributed by atoms with Crippen molar-refractivity contribution in [1.82, 2.24) is 4.90 Å². The van der Waals surface area contributed by atoms with Crippen molar-refractivity contribution in [3.63, 3.8) is 0 Å². The van der Waals surface area contributed by atoms with Crippen LogP contribution < -0.4 is 5.73 Å². The highest BCUT2D eigenvalue weighted by Gasteiger charge is 2.15. The maximum atomic E-state index is 6.10. The van der Waals surface area contributed by atoms with Crippen molar-refractivity contribution in [3.8, 4) is 0 Å². The predicted octanol–water partition coefficient (Wildman–Crippen LogP) is 1.72. The molecule has 2 N–H and O–H groups in total. The lowest BCUT2D eigenvalue weighted by Crippen LogP contribution is -2.44. The van der Waals surface area contributed by atoms with Gasteiger partial charge in [0.1, 0.15) is 0 Å². The third-order valence-electron chi connectivity index (χ3n) is 2.68. The third kappa shape index (κ3) is 6.88. The summed E-state index contributed by atoms with van der Waals surface area (Å²) in [6, 6.07) is 0.738. The third-order valence-corrected chi connectivity index (χ3v) is 2.68. The standard InChI is InChI=1S/C12H28N2O/c1-6-14(11(4)9-15-5)8-12(13)7-10(2)3/h10-12H,6-9,13H2,1-5H3. The van der Waals surface area contributed by atoms with Gasteiger partial charge in [0.05, 0.1) is 6.61 Å². The Kier molecular flexibility index (Phi) is 8.02. The second kappa shape index (κ2) is 8.08. The van der Waals surface area contributed by atoms with Crippen LogP contribution in [0.3, 0.4) is 0 Å². The molecule has 0 amide bonds. The van der Waals surface area contributed by atoms with E-state index in [4.69, 9.17) is 10.5 Å². The van der Waals surface area contributed by atoms with Gasteiger partial charge in [0.25, 0.3) is 0 Å². The molecular formula is C12H28N2O. The van der Waals surface area contributed by atoms with E-state index in [1.807, 2.05) is 0 Å². The minimum Gasteiger partial charge on any atom is -0.383 e. The van der Waals surface area contributed by atoms with Gasteiger partial charge in [-0.1, -0.05) is 20.8 Å².